The second-order valence-electron chi connectivity index (χ2n) is 3.83. The van der Waals surface area contributed by atoms with Gasteiger partial charge in [-0.3, -0.25) is 0 Å². The molecule has 1 aromatic heterocycles. The molecule has 0 amide bonds. The van der Waals surface area contributed by atoms with Crippen molar-refractivity contribution in [2.75, 3.05) is 18.5 Å². The van der Waals surface area contributed by atoms with Gasteiger partial charge in [0.25, 0.3) is 0 Å². The maximum Gasteiger partial charge on any atom is 0.230 e. The minimum atomic E-state index is 0.108. The Kier molecular flexibility index (Phi) is 4.33. The van der Waals surface area contributed by atoms with Crippen LogP contribution in [0.4, 0.5) is 5.95 Å². The number of anilines is 1. The predicted octanol–water partition coefficient (Wildman–Crippen LogP) is 2.86. The smallest absolute Gasteiger partial charge is 0.230 e. The third-order valence-electron chi connectivity index (χ3n) is 2.49. The van der Waals surface area contributed by atoms with Crippen molar-refractivity contribution in [1.82, 2.24) is 15.0 Å². The van der Waals surface area contributed by atoms with Crippen LogP contribution in [0.15, 0.2) is 30.3 Å². The van der Waals surface area contributed by atoms with Gasteiger partial charge in [-0.1, -0.05) is 30.3 Å². The molecule has 0 spiro atoms. The monoisotopic (exact) mass is 282 g/mol. The van der Waals surface area contributed by atoms with E-state index < -0.39 is 0 Å². The van der Waals surface area contributed by atoms with Gasteiger partial charge in [0.15, 0.2) is 0 Å². The largest absolute Gasteiger partial charge is 0.343 e. The summed E-state index contributed by atoms with van der Waals surface area (Å²) >= 11 is 11.5. The zero-order valence-electron chi connectivity index (χ0n) is 9.85. The molecule has 0 radical (unpaired) electrons. The van der Waals surface area contributed by atoms with Gasteiger partial charge in [-0.25, -0.2) is 0 Å². The molecule has 1 heterocycles. The molecule has 2 aromatic rings. The Morgan fingerprint density at radius 3 is 2.22 bits per heavy atom. The predicted molar refractivity (Wildman–Crippen MR) is 73.3 cm³/mol. The van der Waals surface area contributed by atoms with E-state index in [2.05, 4.69) is 27.1 Å². The first-order valence-electron chi connectivity index (χ1n) is 5.47. The third kappa shape index (κ3) is 3.55. The van der Waals surface area contributed by atoms with Crippen LogP contribution in [0, 0.1) is 0 Å². The zero-order chi connectivity index (χ0) is 13.0. The van der Waals surface area contributed by atoms with Gasteiger partial charge in [-0.2, -0.15) is 15.0 Å². The van der Waals surface area contributed by atoms with Crippen LogP contribution in [0.25, 0.3) is 0 Å². The number of aromatic nitrogens is 3. The number of hydrogen-bond acceptors (Lipinski definition) is 4. The van der Waals surface area contributed by atoms with Crippen molar-refractivity contribution in [3.63, 3.8) is 0 Å². The van der Waals surface area contributed by atoms with Crippen molar-refractivity contribution in [3.05, 3.63) is 46.5 Å². The summed E-state index contributed by atoms with van der Waals surface area (Å²) in [5.74, 6) is 0.482. The van der Waals surface area contributed by atoms with E-state index in [1.807, 2.05) is 30.1 Å². The summed E-state index contributed by atoms with van der Waals surface area (Å²) < 4.78 is 0. The normalized spacial score (nSPS) is 10.4. The van der Waals surface area contributed by atoms with Gasteiger partial charge in [0, 0.05) is 13.6 Å². The number of halogens is 2. The molecule has 4 nitrogen and oxygen atoms in total. The molecule has 0 aliphatic carbocycles. The average molecular weight is 283 g/mol. The van der Waals surface area contributed by atoms with Crippen LogP contribution in [0.5, 0.6) is 0 Å². The number of nitrogens with zero attached hydrogens (tertiary/aromatic N) is 4. The Labute approximate surface area is 116 Å². The van der Waals surface area contributed by atoms with Crippen molar-refractivity contribution in [3.8, 4) is 0 Å². The third-order valence-corrected chi connectivity index (χ3v) is 2.83. The highest BCUT2D eigenvalue weighted by Crippen LogP contribution is 2.13. The molecule has 0 unspecified atom stereocenters. The highest BCUT2D eigenvalue weighted by atomic mass is 35.5. The first-order valence-corrected chi connectivity index (χ1v) is 6.23. The maximum atomic E-state index is 5.74. The first kappa shape index (κ1) is 13.1. The molecule has 2 rings (SSSR count). The van der Waals surface area contributed by atoms with E-state index in [1.54, 1.807) is 0 Å². The van der Waals surface area contributed by atoms with Crippen LogP contribution >= 0.6 is 23.2 Å². The summed E-state index contributed by atoms with van der Waals surface area (Å²) in [6.07, 6.45) is 0.901. The van der Waals surface area contributed by atoms with E-state index in [0.717, 1.165) is 13.0 Å². The molecule has 0 N–H and O–H groups in total. The lowest BCUT2D eigenvalue weighted by Crippen LogP contribution is -2.23. The van der Waals surface area contributed by atoms with Gasteiger partial charge in [0.05, 0.1) is 0 Å². The highest BCUT2D eigenvalue weighted by Gasteiger charge is 2.08. The zero-order valence-corrected chi connectivity index (χ0v) is 11.4. The molecule has 0 fully saturated rings. The van der Waals surface area contributed by atoms with Crippen molar-refractivity contribution >= 4 is 29.2 Å². The Morgan fingerprint density at radius 1 is 1.00 bits per heavy atom. The Balaban J connectivity index is 2.01. The van der Waals surface area contributed by atoms with Gasteiger partial charge in [0.2, 0.25) is 16.5 Å². The fourth-order valence-corrected chi connectivity index (χ4v) is 1.88. The second kappa shape index (κ2) is 5.98. The highest BCUT2D eigenvalue weighted by molar-refractivity contribution is 6.31. The Bertz CT molecular complexity index is 498. The van der Waals surface area contributed by atoms with Crippen molar-refractivity contribution in [2.24, 2.45) is 0 Å². The summed E-state index contributed by atoms with van der Waals surface area (Å²) in [6.45, 7) is 0.778. The van der Waals surface area contributed by atoms with Crippen LogP contribution in [-0.4, -0.2) is 28.5 Å². The van der Waals surface area contributed by atoms with Gasteiger partial charge < -0.3 is 4.90 Å². The van der Waals surface area contributed by atoms with E-state index in [9.17, 15) is 0 Å². The molecular formula is C12H12Cl2N4. The van der Waals surface area contributed by atoms with E-state index >= 15 is 0 Å². The number of likely N-dealkylation sites (N-methyl/N-ethyl adjacent to an activating group) is 1. The average Bonchev–Trinajstić information content (AvgIpc) is 2.36. The SMILES string of the molecule is CN(CCc1ccccc1)c1nc(Cl)nc(Cl)n1. The molecule has 0 bridgehead atoms. The number of hydrogen-bond donors (Lipinski definition) is 0. The molecule has 0 saturated carbocycles. The topological polar surface area (TPSA) is 41.9 Å². The summed E-state index contributed by atoms with van der Waals surface area (Å²) in [7, 11) is 1.89. The first-order chi connectivity index (χ1) is 8.65. The van der Waals surface area contributed by atoms with Crippen molar-refractivity contribution in [1.29, 1.82) is 0 Å². The molecule has 6 heteroatoms. The van der Waals surface area contributed by atoms with Gasteiger partial charge in [-0.05, 0) is 35.2 Å². The minimum Gasteiger partial charge on any atom is -0.343 e. The molecule has 0 aliphatic heterocycles. The van der Waals surface area contributed by atoms with Crippen LogP contribution < -0.4 is 4.90 Å². The lowest BCUT2D eigenvalue weighted by molar-refractivity contribution is 0.828. The maximum absolute atomic E-state index is 5.74. The number of rotatable bonds is 4. The van der Waals surface area contributed by atoms with Crippen molar-refractivity contribution in [2.45, 2.75) is 6.42 Å². The number of benzene rings is 1. The minimum absolute atomic E-state index is 0.108. The Hall–Kier alpha value is -1.39. The Morgan fingerprint density at radius 2 is 1.61 bits per heavy atom. The lowest BCUT2D eigenvalue weighted by Gasteiger charge is -2.16. The van der Waals surface area contributed by atoms with Crippen LogP contribution in [-0.2, 0) is 6.42 Å². The molecule has 0 aliphatic rings. The standard InChI is InChI=1S/C12H12Cl2N4/c1-18(8-7-9-5-3-2-4-6-9)12-16-10(13)15-11(14)17-12/h2-6H,7-8H2,1H3. The second-order valence-corrected chi connectivity index (χ2v) is 4.51. The molecule has 1 aromatic carbocycles. The summed E-state index contributed by atoms with van der Waals surface area (Å²) in [4.78, 5) is 13.7. The van der Waals surface area contributed by atoms with E-state index in [0.29, 0.717) is 5.95 Å². The van der Waals surface area contributed by atoms with E-state index in [4.69, 9.17) is 23.2 Å². The lowest BCUT2D eigenvalue weighted by atomic mass is 10.1. The molecule has 18 heavy (non-hydrogen) atoms. The van der Waals surface area contributed by atoms with Crippen LogP contribution in [0.3, 0.4) is 0 Å². The van der Waals surface area contributed by atoms with Crippen LogP contribution in [0.2, 0.25) is 10.6 Å². The molecule has 94 valence electrons. The summed E-state index contributed by atoms with van der Waals surface area (Å²) in [5, 5.41) is 0.216. The van der Waals surface area contributed by atoms with Crippen molar-refractivity contribution < 1.29 is 0 Å². The van der Waals surface area contributed by atoms with E-state index in [-0.39, 0.29) is 10.6 Å². The van der Waals surface area contributed by atoms with Gasteiger partial charge in [-0.15, -0.1) is 0 Å². The molecule has 0 saturated heterocycles. The van der Waals surface area contributed by atoms with Gasteiger partial charge >= 0.3 is 0 Å². The summed E-state index contributed by atoms with van der Waals surface area (Å²) in [6, 6.07) is 10.2. The fourth-order valence-electron chi connectivity index (χ4n) is 1.53. The van der Waals surface area contributed by atoms with Crippen LogP contribution in [0.1, 0.15) is 5.56 Å². The molecule has 0 atom stereocenters. The quantitative estimate of drug-likeness (QED) is 0.865. The molecular weight excluding hydrogens is 271 g/mol. The fraction of sp³-hybridized carbons (Fsp3) is 0.250. The van der Waals surface area contributed by atoms with Gasteiger partial charge in [0.1, 0.15) is 0 Å². The van der Waals surface area contributed by atoms with E-state index in [1.165, 1.54) is 5.56 Å². The summed E-state index contributed by atoms with van der Waals surface area (Å²) in [5.41, 5.74) is 1.26.